The smallest absolute Gasteiger partial charge is 0.242 e. The minimum Gasteiger partial charge on any atom is -0.398 e. The molecule has 0 bridgehead atoms. The molecule has 108 valence electrons. The van der Waals surface area contributed by atoms with Gasteiger partial charge in [-0.1, -0.05) is 11.6 Å². The number of benzene rings is 1. The van der Waals surface area contributed by atoms with Crippen molar-refractivity contribution in [3.63, 3.8) is 0 Å². The van der Waals surface area contributed by atoms with Crippen molar-refractivity contribution in [1.29, 1.82) is 0 Å². The van der Waals surface area contributed by atoms with Crippen LogP contribution in [0.3, 0.4) is 0 Å². The third kappa shape index (κ3) is 4.65. The molecule has 0 aliphatic heterocycles. The maximum Gasteiger partial charge on any atom is 0.242 e. The Kier molecular flexibility index (Phi) is 5.61. The molecule has 0 unspecified atom stereocenters. The standard InChI is InChI=1S/C12H20ClN3O2S/c1-9(2)16(3)7-6-15-19(17,18)12-8-10(13)4-5-11(12)14/h4-5,8-9,15H,6-7,14H2,1-3H3. The van der Waals surface area contributed by atoms with E-state index < -0.39 is 10.0 Å². The van der Waals surface area contributed by atoms with Crippen LogP contribution in [0.15, 0.2) is 23.1 Å². The van der Waals surface area contributed by atoms with E-state index in [9.17, 15) is 8.42 Å². The number of hydrogen-bond donors (Lipinski definition) is 2. The van der Waals surface area contributed by atoms with Gasteiger partial charge in [-0.25, -0.2) is 13.1 Å². The molecule has 0 atom stereocenters. The van der Waals surface area contributed by atoms with Gasteiger partial charge in [-0.05, 0) is 39.1 Å². The van der Waals surface area contributed by atoms with Gasteiger partial charge in [0.1, 0.15) is 4.90 Å². The van der Waals surface area contributed by atoms with Gasteiger partial charge in [0, 0.05) is 24.2 Å². The fourth-order valence-electron chi connectivity index (χ4n) is 1.43. The summed E-state index contributed by atoms with van der Waals surface area (Å²) in [5, 5.41) is 0.342. The van der Waals surface area contributed by atoms with Crippen molar-refractivity contribution in [2.45, 2.75) is 24.8 Å². The van der Waals surface area contributed by atoms with Crippen LogP contribution in [0.25, 0.3) is 0 Å². The molecule has 5 nitrogen and oxygen atoms in total. The van der Waals surface area contributed by atoms with E-state index in [0.29, 0.717) is 24.2 Å². The number of nitrogens with two attached hydrogens (primary N) is 1. The first-order chi connectivity index (χ1) is 8.74. The Labute approximate surface area is 119 Å². The van der Waals surface area contributed by atoms with Gasteiger partial charge in [0.05, 0.1) is 5.69 Å². The molecule has 0 aromatic heterocycles. The monoisotopic (exact) mass is 305 g/mol. The molecule has 0 heterocycles. The van der Waals surface area contributed by atoms with Crippen molar-refractivity contribution in [1.82, 2.24) is 9.62 Å². The molecule has 3 N–H and O–H groups in total. The van der Waals surface area contributed by atoms with Crippen LogP contribution in [-0.4, -0.2) is 39.5 Å². The van der Waals surface area contributed by atoms with Crippen molar-refractivity contribution in [3.8, 4) is 0 Å². The third-order valence-corrected chi connectivity index (χ3v) is 4.66. The summed E-state index contributed by atoms with van der Waals surface area (Å²) in [7, 11) is -1.68. The van der Waals surface area contributed by atoms with Crippen LogP contribution in [-0.2, 0) is 10.0 Å². The molecule has 1 aromatic carbocycles. The zero-order chi connectivity index (χ0) is 14.6. The summed E-state index contributed by atoms with van der Waals surface area (Å²) in [6.07, 6.45) is 0. The molecule has 0 amide bonds. The predicted molar refractivity (Wildman–Crippen MR) is 78.8 cm³/mol. The summed E-state index contributed by atoms with van der Waals surface area (Å²) in [5.41, 5.74) is 5.86. The predicted octanol–water partition coefficient (Wildman–Crippen LogP) is 1.54. The Morgan fingerprint density at radius 3 is 2.63 bits per heavy atom. The van der Waals surface area contributed by atoms with Crippen molar-refractivity contribution in [3.05, 3.63) is 23.2 Å². The second kappa shape index (κ2) is 6.56. The van der Waals surface area contributed by atoms with Crippen LogP contribution >= 0.6 is 11.6 Å². The molecule has 7 heteroatoms. The maximum absolute atomic E-state index is 12.1. The highest BCUT2D eigenvalue weighted by molar-refractivity contribution is 7.89. The molecule has 0 aliphatic carbocycles. The van der Waals surface area contributed by atoms with Crippen molar-refractivity contribution >= 4 is 27.3 Å². The zero-order valence-corrected chi connectivity index (χ0v) is 12.9. The highest BCUT2D eigenvalue weighted by atomic mass is 35.5. The van der Waals surface area contributed by atoms with Crippen molar-refractivity contribution in [2.24, 2.45) is 0 Å². The quantitative estimate of drug-likeness (QED) is 0.782. The first-order valence-electron chi connectivity index (χ1n) is 5.99. The van der Waals surface area contributed by atoms with Gasteiger partial charge in [-0.2, -0.15) is 0 Å². The number of nitrogens with zero attached hydrogens (tertiary/aromatic N) is 1. The average molecular weight is 306 g/mol. The molecule has 0 radical (unpaired) electrons. The van der Waals surface area contributed by atoms with Crippen LogP contribution in [0.5, 0.6) is 0 Å². The van der Waals surface area contributed by atoms with Crippen LogP contribution in [0, 0.1) is 0 Å². The lowest BCUT2D eigenvalue weighted by molar-refractivity contribution is 0.278. The highest BCUT2D eigenvalue weighted by Crippen LogP contribution is 2.22. The number of hydrogen-bond acceptors (Lipinski definition) is 4. The normalized spacial score (nSPS) is 12.3. The van der Waals surface area contributed by atoms with Gasteiger partial charge < -0.3 is 10.6 Å². The van der Waals surface area contributed by atoms with Crippen LogP contribution in [0.4, 0.5) is 5.69 Å². The second-order valence-corrected chi connectivity index (χ2v) is 6.83. The highest BCUT2D eigenvalue weighted by Gasteiger charge is 2.17. The van der Waals surface area contributed by atoms with E-state index >= 15 is 0 Å². The van der Waals surface area contributed by atoms with Gasteiger partial charge in [-0.15, -0.1) is 0 Å². The van der Waals surface area contributed by atoms with Crippen LogP contribution in [0.1, 0.15) is 13.8 Å². The summed E-state index contributed by atoms with van der Waals surface area (Å²) >= 11 is 5.79. The molecule has 1 rings (SSSR count). The van der Waals surface area contributed by atoms with Gasteiger partial charge >= 0.3 is 0 Å². The van der Waals surface area contributed by atoms with Crippen LogP contribution < -0.4 is 10.5 Å². The van der Waals surface area contributed by atoms with E-state index in [1.54, 1.807) is 6.07 Å². The van der Waals surface area contributed by atoms with Crippen LogP contribution in [0.2, 0.25) is 5.02 Å². The van der Waals surface area contributed by atoms with E-state index in [1.165, 1.54) is 12.1 Å². The van der Waals surface area contributed by atoms with Crippen molar-refractivity contribution in [2.75, 3.05) is 25.9 Å². The number of sulfonamides is 1. The van der Waals surface area contributed by atoms with E-state index in [-0.39, 0.29) is 10.6 Å². The van der Waals surface area contributed by atoms with Gasteiger partial charge in [0.25, 0.3) is 0 Å². The third-order valence-electron chi connectivity index (χ3n) is 2.90. The summed E-state index contributed by atoms with van der Waals surface area (Å²) in [6, 6.07) is 4.76. The Morgan fingerprint density at radius 1 is 1.42 bits per heavy atom. The van der Waals surface area contributed by atoms with E-state index in [1.807, 2.05) is 25.8 Å². The Balaban J connectivity index is 2.74. The fourth-order valence-corrected chi connectivity index (χ4v) is 2.85. The Morgan fingerprint density at radius 2 is 2.05 bits per heavy atom. The largest absolute Gasteiger partial charge is 0.398 e. The molecule has 0 saturated carbocycles. The topological polar surface area (TPSA) is 75.4 Å². The molecule has 1 aromatic rings. The Hall–Kier alpha value is -0.820. The van der Waals surface area contributed by atoms with Gasteiger partial charge in [0.2, 0.25) is 10.0 Å². The molecule has 0 fully saturated rings. The zero-order valence-electron chi connectivity index (χ0n) is 11.4. The van der Waals surface area contributed by atoms with E-state index in [2.05, 4.69) is 4.72 Å². The Bertz CT molecular complexity index is 532. The number of halogens is 1. The number of likely N-dealkylation sites (N-methyl/N-ethyl adjacent to an activating group) is 1. The van der Waals surface area contributed by atoms with Gasteiger partial charge in [-0.3, -0.25) is 0 Å². The minimum atomic E-state index is -3.62. The summed E-state index contributed by atoms with van der Waals surface area (Å²) in [6.45, 7) is 5.03. The number of nitrogens with one attached hydrogen (secondary N) is 1. The molecule has 0 spiro atoms. The first-order valence-corrected chi connectivity index (χ1v) is 7.85. The van der Waals surface area contributed by atoms with E-state index in [4.69, 9.17) is 17.3 Å². The lowest BCUT2D eigenvalue weighted by Gasteiger charge is -2.21. The number of anilines is 1. The molecule has 19 heavy (non-hydrogen) atoms. The van der Waals surface area contributed by atoms with E-state index in [0.717, 1.165) is 0 Å². The summed E-state index contributed by atoms with van der Waals surface area (Å²) in [5.74, 6) is 0. The maximum atomic E-state index is 12.1. The lowest BCUT2D eigenvalue weighted by Crippen LogP contribution is -2.36. The summed E-state index contributed by atoms with van der Waals surface area (Å²) < 4.78 is 26.7. The van der Waals surface area contributed by atoms with Crippen molar-refractivity contribution < 1.29 is 8.42 Å². The average Bonchev–Trinajstić information content (AvgIpc) is 2.31. The lowest BCUT2D eigenvalue weighted by atomic mass is 10.3. The molecular weight excluding hydrogens is 286 g/mol. The SMILES string of the molecule is CC(C)N(C)CCNS(=O)(=O)c1cc(Cl)ccc1N. The molecular formula is C12H20ClN3O2S. The summed E-state index contributed by atoms with van der Waals surface area (Å²) in [4.78, 5) is 2.07. The second-order valence-electron chi connectivity index (χ2n) is 4.65. The number of nitrogen functional groups attached to an aromatic ring is 1. The molecule has 0 aliphatic rings. The molecule has 0 saturated heterocycles. The minimum absolute atomic E-state index is 0.0206. The fraction of sp³-hybridized carbons (Fsp3) is 0.500. The number of rotatable bonds is 6. The van der Waals surface area contributed by atoms with Gasteiger partial charge in [0.15, 0.2) is 0 Å². The first kappa shape index (κ1) is 16.2.